The summed E-state index contributed by atoms with van der Waals surface area (Å²) in [6.07, 6.45) is 6.09. The van der Waals surface area contributed by atoms with Crippen molar-refractivity contribution in [3.05, 3.63) is 24.0 Å². The highest BCUT2D eigenvalue weighted by Crippen LogP contribution is 2.37. The van der Waals surface area contributed by atoms with E-state index in [-0.39, 0.29) is 12.0 Å². The molecule has 0 bridgehead atoms. The fraction of sp³-hybridized carbons (Fsp3) is 0.579. The van der Waals surface area contributed by atoms with E-state index in [2.05, 4.69) is 16.7 Å². The largest absolute Gasteiger partial charge is 0.380 e. The highest BCUT2D eigenvalue weighted by Gasteiger charge is 2.39. The molecule has 0 aromatic heterocycles. The summed E-state index contributed by atoms with van der Waals surface area (Å²) in [5.74, 6) is -0.750. The molecular weight excluding hydrogens is 321 g/mol. The van der Waals surface area contributed by atoms with E-state index >= 15 is 0 Å². The number of hydrogen-bond donors (Lipinski definition) is 2. The van der Waals surface area contributed by atoms with Crippen molar-refractivity contribution in [1.29, 1.82) is 5.26 Å². The number of carbonyl (C=O) groups excluding carboxylic acids is 1. The predicted octanol–water partition coefficient (Wildman–Crippen LogP) is 3.83. The van der Waals surface area contributed by atoms with Gasteiger partial charge in [0.2, 0.25) is 5.91 Å². The van der Waals surface area contributed by atoms with Crippen LogP contribution in [0.2, 0.25) is 0 Å². The lowest BCUT2D eigenvalue weighted by molar-refractivity contribution is -0.124. The van der Waals surface area contributed by atoms with Crippen molar-refractivity contribution in [3.63, 3.8) is 0 Å². The van der Waals surface area contributed by atoms with Crippen LogP contribution in [0.4, 0.5) is 15.8 Å². The number of carbonyl (C=O) groups is 1. The first-order chi connectivity index (χ1) is 12.1. The fourth-order valence-corrected chi connectivity index (χ4v) is 3.56. The van der Waals surface area contributed by atoms with Gasteiger partial charge in [-0.3, -0.25) is 4.79 Å². The Morgan fingerprint density at radius 3 is 2.76 bits per heavy atom. The molecule has 2 aliphatic rings. The van der Waals surface area contributed by atoms with Gasteiger partial charge in [0.05, 0.1) is 17.9 Å². The molecule has 1 aliphatic carbocycles. The van der Waals surface area contributed by atoms with Gasteiger partial charge in [0.1, 0.15) is 11.2 Å². The number of ether oxygens (including phenoxy) is 1. The number of nitrogens with one attached hydrogen (secondary N) is 2. The molecule has 0 spiro atoms. The molecule has 1 amide bonds. The Kier molecular flexibility index (Phi) is 5.54. The van der Waals surface area contributed by atoms with Gasteiger partial charge in [0.25, 0.3) is 0 Å². The highest BCUT2D eigenvalue weighted by molar-refractivity contribution is 5.97. The third-order valence-corrected chi connectivity index (χ3v) is 5.13. The van der Waals surface area contributed by atoms with E-state index in [0.717, 1.165) is 38.7 Å². The van der Waals surface area contributed by atoms with Crippen LogP contribution < -0.4 is 10.6 Å². The first-order valence-corrected chi connectivity index (χ1v) is 9.01. The second-order valence-electron chi connectivity index (χ2n) is 6.92. The number of rotatable bonds is 5. The Balaban J connectivity index is 1.62. The first kappa shape index (κ1) is 17.7. The van der Waals surface area contributed by atoms with Crippen molar-refractivity contribution in [2.24, 2.45) is 5.41 Å². The molecule has 1 saturated carbocycles. The van der Waals surface area contributed by atoms with Crippen molar-refractivity contribution in [1.82, 2.24) is 0 Å². The van der Waals surface area contributed by atoms with Crippen molar-refractivity contribution >= 4 is 17.3 Å². The summed E-state index contributed by atoms with van der Waals surface area (Å²) in [6, 6.07) is 6.75. The molecule has 2 fully saturated rings. The van der Waals surface area contributed by atoms with Crippen molar-refractivity contribution in [2.45, 2.75) is 51.0 Å². The Bertz CT molecular complexity index is 659. The van der Waals surface area contributed by atoms with Crippen LogP contribution in [0.5, 0.6) is 0 Å². The molecule has 5 nitrogen and oxygen atoms in total. The second kappa shape index (κ2) is 7.83. The van der Waals surface area contributed by atoms with Gasteiger partial charge in [0, 0.05) is 18.8 Å². The molecule has 1 heterocycles. The average Bonchev–Trinajstić information content (AvgIpc) is 3.15. The van der Waals surface area contributed by atoms with E-state index in [4.69, 9.17) is 4.74 Å². The molecule has 1 aliphatic heterocycles. The minimum Gasteiger partial charge on any atom is -0.380 e. The third kappa shape index (κ3) is 4.10. The zero-order chi connectivity index (χ0) is 17.7. The number of nitrogens with zero attached hydrogens (tertiary/aromatic N) is 1. The Morgan fingerprint density at radius 1 is 1.32 bits per heavy atom. The monoisotopic (exact) mass is 345 g/mol. The number of halogens is 1. The third-order valence-electron chi connectivity index (χ3n) is 5.13. The summed E-state index contributed by atoms with van der Waals surface area (Å²) in [5.41, 5.74) is -0.211. The number of nitriles is 1. The molecule has 1 atom stereocenters. The first-order valence-electron chi connectivity index (χ1n) is 9.01. The summed E-state index contributed by atoms with van der Waals surface area (Å²) >= 11 is 0. The molecule has 3 rings (SSSR count). The second-order valence-corrected chi connectivity index (χ2v) is 6.92. The zero-order valence-corrected chi connectivity index (χ0v) is 14.3. The Labute approximate surface area is 147 Å². The standard InChI is InChI=1S/C19H24FN3O2/c20-16-11-14(6-7-17(16)22-12-15-5-4-10-25-15)23-18(24)19(13-21)8-2-1-3-9-19/h6-7,11,15,22H,1-5,8-10,12H2,(H,23,24). The Hall–Kier alpha value is -2.13. The highest BCUT2D eigenvalue weighted by atomic mass is 19.1. The van der Waals surface area contributed by atoms with Crippen molar-refractivity contribution in [3.8, 4) is 6.07 Å². The van der Waals surface area contributed by atoms with Crippen LogP contribution in [0.25, 0.3) is 0 Å². The average molecular weight is 345 g/mol. The van der Waals surface area contributed by atoms with Gasteiger partial charge in [-0.25, -0.2) is 4.39 Å². The summed E-state index contributed by atoms with van der Waals surface area (Å²) < 4.78 is 19.8. The van der Waals surface area contributed by atoms with Crippen LogP contribution in [0, 0.1) is 22.6 Å². The van der Waals surface area contributed by atoms with Crippen LogP contribution in [-0.2, 0) is 9.53 Å². The SMILES string of the molecule is N#CC1(C(=O)Nc2ccc(NCC3CCCO3)c(F)c2)CCCCC1. The van der Waals surface area contributed by atoms with Crippen LogP contribution in [0.15, 0.2) is 18.2 Å². The molecular formula is C19H24FN3O2. The minimum absolute atomic E-state index is 0.126. The van der Waals surface area contributed by atoms with Gasteiger partial charge in [-0.2, -0.15) is 5.26 Å². The molecule has 1 aromatic carbocycles. The maximum Gasteiger partial charge on any atom is 0.244 e. The number of hydrogen-bond acceptors (Lipinski definition) is 4. The van der Waals surface area contributed by atoms with E-state index < -0.39 is 11.2 Å². The lowest BCUT2D eigenvalue weighted by Gasteiger charge is -2.29. The van der Waals surface area contributed by atoms with Crippen molar-refractivity contribution in [2.75, 3.05) is 23.8 Å². The van der Waals surface area contributed by atoms with Crippen LogP contribution in [-0.4, -0.2) is 25.2 Å². The molecule has 1 unspecified atom stereocenters. The molecule has 1 saturated heterocycles. The summed E-state index contributed by atoms with van der Waals surface area (Å²) in [4.78, 5) is 12.5. The number of anilines is 2. The van der Waals surface area contributed by atoms with Gasteiger partial charge in [-0.05, 0) is 43.9 Å². The zero-order valence-electron chi connectivity index (χ0n) is 14.3. The number of benzene rings is 1. The van der Waals surface area contributed by atoms with E-state index in [1.807, 2.05) is 0 Å². The maximum atomic E-state index is 14.3. The van der Waals surface area contributed by atoms with Gasteiger partial charge < -0.3 is 15.4 Å². The molecule has 2 N–H and O–H groups in total. The predicted molar refractivity (Wildman–Crippen MR) is 93.6 cm³/mol. The normalized spacial score (nSPS) is 22.2. The summed E-state index contributed by atoms with van der Waals surface area (Å²) in [6.45, 7) is 1.33. The van der Waals surface area contributed by atoms with E-state index in [1.54, 1.807) is 12.1 Å². The molecule has 25 heavy (non-hydrogen) atoms. The minimum atomic E-state index is -0.981. The quantitative estimate of drug-likeness (QED) is 0.850. The van der Waals surface area contributed by atoms with Gasteiger partial charge in [0.15, 0.2) is 0 Å². The van der Waals surface area contributed by atoms with Crippen LogP contribution >= 0.6 is 0 Å². The maximum absolute atomic E-state index is 14.3. The lowest BCUT2D eigenvalue weighted by Crippen LogP contribution is -2.36. The van der Waals surface area contributed by atoms with Gasteiger partial charge >= 0.3 is 0 Å². The van der Waals surface area contributed by atoms with Crippen LogP contribution in [0.1, 0.15) is 44.9 Å². The van der Waals surface area contributed by atoms with Gasteiger partial charge in [-0.15, -0.1) is 0 Å². The summed E-state index contributed by atoms with van der Waals surface area (Å²) in [5, 5.41) is 15.2. The summed E-state index contributed by atoms with van der Waals surface area (Å²) in [7, 11) is 0. The topological polar surface area (TPSA) is 74.2 Å². The lowest BCUT2D eigenvalue weighted by atomic mass is 9.74. The number of amides is 1. The fourth-order valence-electron chi connectivity index (χ4n) is 3.56. The Morgan fingerprint density at radius 2 is 2.12 bits per heavy atom. The van der Waals surface area contributed by atoms with E-state index in [0.29, 0.717) is 30.8 Å². The smallest absolute Gasteiger partial charge is 0.244 e. The van der Waals surface area contributed by atoms with Crippen LogP contribution in [0.3, 0.4) is 0 Å². The van der Waals surface area contributed by atoms with E-state index in [1.165, 1.54) is 6.07 Å². The van der Waals surface area contributed by atoms with E-state index in [9.17, 15) is 14.4 Å². The van der Waals surface area contributed by atoms with Crippen molar-refractivity contribution < 1.29 is 13.9 Å². The molecule has 1 aromatic rings. The molecule has 134 valence electrons. The van der Waals surface area contributed by atoms with Gasteiger partial charge in [-0.1, -0.05) is 19.3 Å². The molecule has 0 radical (unpaired) electrons. The molecule has 6 heteroatoms.